The standard InChI is InChI=1S/C5H9O.Al.ClH.H/c1-2-4-6-5-3-1;;;/h4H,1-3,5H2;;1H;/q;+1;;/p-1. The van der Waals surface area contributed by atoms with Gasteiger partial charge in [0.1, 0.15) is 0 Å². The molecule has 0 aromatic heterocycles. The van der Waals surface area contributed by atoms with Gasteiger partial charge in [-0.3, -0.25) is 10.0 Å². The molecular formula is C5H10AlClO. The highest BCUT2D eigenvalue weighted by atomic mass is 35.6. The van der Waals surface area contributed by atoms with Crippen LogP contribution < -0.4 is 0 Å². The summed E-state index contributed by atoms with van der Waals surface area (Å²) in [5.74, 6) is 0. The predicted molar refractivity (Wildman–Crippen MR) is 36.6 cm³/mol. The zero-order valence-corrected chi connectivity index (χ0v) is 7.07. The first-order valence-electron chi connectivity index (χ1n) is 3.11. The van der Waals surface area contributed by atoms with E-state index in [9.17, 15) is 0 Å². The second-order valence-electron chi connectivity index (χ2n) is 2.14. The van der Waals surface area contributed by atoms with Crippen LogP contribution in [0.15, 0.2) is 0 Å². The van der Waals surface area contributed by atoms with E-state index in [0.717, 1.165) is 6.61 Å². The van der Waals surface area contributed by atoms with Gasteiger partial charge in [-0.15, -0.1) is 0 Å². The van der Waals surface area contributed by atoms with Crippen LogP contribution in [0.2, 0.25) is 0 Å². The van der Waals surface area contributed by atoms with Crippen LogP contribution in [0.1, 0.15) is 19.3 Å². The first kappa shape index (κ1) is 6.90. The van der Waals surface area contributed by atoms with Crippen molar-refractivity contribution in [1.29, 1.82) is 0 Å². The Morgan fingerprint density at radius 3 is 2.75 bits per heavy atom. The third-order valence-corrected chi connectivity index (χ3v) is 3.47. The Labute approximate surface area is 60.3 Å². The summed E-state index contributed by atoms with van der Waals surface area (Å²) < 4.78 is 5.36. The maximum Gasteiger partial charge on any atom is 0.412 e. The van der Waals surface area contributed by atoms with E-state index in [0.29, 0.717) is 4.97 Å². The minimum absolute atomic E-state index is 0.382. The van der Waals surface area contributed by atoms with E-state index < -0.39 is 0 Å². The van der Waals surface area contributed by atoms with Gasteiger partial charge >= 0.3 is 14.3 Å². The number of hydrogen-bond donors (Lipinski definition) is 0. The Hall–Kier alpha value is 0.782. The number of ether oxygens (including phenoxy) is 1. The van der Waals surface area contributed by atoms with Gasteiger partial charge in [0.25, 0.3) is 0 Å². The van der Waals surface area contributed by atoms with Crippen molar-refractivity contribution in [3.05, 3.63) is 0 Å². The fraction of sp³-hybridized carbons (Fsp3) is 1.00. The van der Waals surface area contributed by atoms with Gasteiger partial charge in [-0.1, -0.05) is 0 Å². The third kappa shape index (κ3) is 1.95. The van der Waals surface area contributed by atoms with Crippen LogP contribution in [0.4, 0.5) is 0 Å². The van der Waals surface area contributed by atoms with Crippen molar-refractivity contribution < 1.29 is 4.74 Å². The van der Waals surface area contributed by atoms with E-state index in [1.807, 2.05) is 0 Å². The van der Waals surface area contributed by atoms with Gasteiger partial charge in [0.2, 0.25) is 0 Å². The summed E-state index contributed by atoms with van der Waals surface area (Å²) in [7, 11) is 5.69. The molecular weight excluding hydrogens is 138 g/mol. The highest BCUT2D eigenvalue weighted by molar-refractivity contribution is 6.94. The maximum atomic E-state index is 5.69. The maximum absolute atomic E-state index is 5.69. The molecule has 1 fully saturated rings. The molecule has 46 valence electrons. The lowest BCUT2D eigenvalue weighted by molar-refractivity contribution is 0.0666. The molecule has 1 aliphatic rings. The fourth-order valence-electron chi connectivity index (χ4n) is 0.929. The molecule has 0 aromatic rings. The first-order valence-corrected chi connectivity index (χ1v) is 6.06. The molecule has 0 N–H and O–H groups in total. The van der Waals surface area contributed by atoms with E-state index in [2.05, 4.69) is 0 Å². The van der Waals surface area contributed by atoms with E-state index in [4.69, 9.17) is 14.8 Å². The van der Waals surface area contributed by atoms with E-state index in [1.165, 1.54) is 19.3 Å². The molecule has 1 unspecified atom stereocenters. The van der Waals surface area contributed by atoms with Crippen molar-refractivity contribution in [1.82, 2.24) is 0 Å². The number of rotatable bonds is 1. The molecule has 0 saturated carbocycles. The van der Waals surface area contributed by atoms with Crippen LogP contribution in [0.3, 0.4) is 0 Å². The van der Waals surface area contributed by atoms with Crippen LogP contribution in [0, 0.1) is 0 Å². The average molecular weight is 149 g/mol. The minimum atomic E-state index is -0.382. The van der Waals surface area contributed by atoms with Crippen LogP contribution >= 0.6 is 10.0 Å². The van der Waals surface area contributed by atoms with Crippen molar-refractivity contribution >= 4 is 24.3 Å². The molecule has 0 bridgehead atoms. The number of hydrogen-bond acceptors (Lipinski definition) is 1. The smallest absolute Gasteiger partial charge is 0.392 e. The summed E-state index contributed by atoms with van der Waals surface area (Å²) in [6, 6.07) is 0. The van der Waals surface area contributed by atoms with Gasteiger partial charge < -0.3 is 4.74 Å². The molecule has 1 rings (SSSR count). The highest BCUT2D eigenvalue weighted by Gasteiger charge is 2.13. The predicted octanol–water partition coefficient (Wildman–Crippen LogP) is 1.10. The quantitative estimate of drug-likeness (QED) is 0.506. The topological polar surface area (TPSA) is 9.23 Å². The van der Waals surface area contributed by atoms with Crippen molar-refractivity contribution in [2.75, 3.05) is 6.61 Å². The second-order valence-corrected chi connectivity index (χ2v) is 4.29. The molecule has 8 heavy (non-hydrogen) atoms. The molecule has 3 heteroatoms. The molecule has 1 nitrogen and oxygen atoms in total. The fourth-order valence-corrected chi connectivity index (χ4v) is 2.36. The largest absolute Gasteiger partial charge is 0.412 e. The molecule has 1 atom stereocenters. The Balaban J connectivity index is 2.13. The summed E-state index contributed by atoms with van der Waals surface area (Å²) in [6.07, 6.45) is 3.78. The molecule has 0 spiro atoms. The molecule has 0 aliphatic carbocycles. The molecule has 1 saturated heterocycles. The lowest BCUT2D eigenvalue weighted by Crippen LogP contribution is -2.22. The molecule has 1 heterocycles. The summed E-state index contributed by atoms with van der Waals surface area (Å²) in [6.45, 7) is 0.949. The number of halogens is 1. The van der Waals surface area contributed by atoms with Crippen molar-refractivity contribution in [3.8, 4) is 0 Å². The van der Waals surface area contributed by atoms with Gasteiger partial charge in [0, 0.05) is 11.6 Å². The molecule has 0 aromatic carbocycles. The van der Waals surface area contributed by atoms with Gasteiger partial charge in [-0.2, -0.15) is 0 Å². The SMILES string of the molecule is [Cl][AlH][CH]1CCCCO1. The lowest BCUT2D eigenvalue weighted by Gasteiger charge is -2.18. The van der Waals surface area contributed by atoms with E-state index >= 15 is 0 Å². The minimum Gasteiger partial charge on any atom is -0.392 e. The lowest BCUT2D eigenvalue weighted by atomic mass is 10.2. The Kier molecular flexibility index (Phi) is 3.22. The highest BCUT2D eigenvalue weighted by Crippen LogP contribution is 2.11. The summed E-state index contributed by atoms with van der Waals surface area (Å²) in [4.78, 5) is 0.491. The van der Waals surface area contributed by atoms with Crippen LogP contribution in [-0.2, 0) is 4.74 Å². The van der Waals surface area contributed by atoms with Crippen molar-refractivity contribution in [2.24, 2.45) is 0 Å². The van der Waals surface area contributed by atoms with Crippen LogP contribution in [0.5, 0.6) is 0 Å². The summed E-state index contributed by atoms with van der Waals surface area (Å²) in [5, 5.41) is 0. The van der Waals surface area contributed by atoms with Crippen molar-refractivity contribution in [3.63, 3.8) is 0 Å². The summed E-state index contributed by atoms with van der Waals surface area (Å²) in [5.41, 5.74) is 0. The van der Waals surface area contributed by atoms with Gasteiger partial charge in [-0.25, -0.2) is 0 Å². The Bertz CT molecular complexity index is 63.4. The van der Waals surface area contributed by atoms with Gasteiger partial charge in [0.15, 0.2) is 0 Å². The van der Waals surface area contributed by atoms with Crippen molar-refractivity contribution in [2.45, 2.75) is 24.2 Å². The van der Waals surface area contributed by atoms with E-state index in [1.54, 1.807) is 0 Å². The monoisotopic (exact) mass is 148 g/mol. The van der Waals surface area contributed by atoms with Gasteiger partial charge in [0.05, 0.1) is 0 Å². The average Bonchev–Trinajstić information content (AvgIpc) is 1.90. The van der Waals surface area contributed by atoms with E-state index in [-0.39, 0.29) is 14.3 Å². The normalized spacial score (nSPS) is 29.9. The summed E-state index contributed by atoms with van der Waals surface area (Å²) >= 11 is -0.382. The molecule has 0 amide bonds. The zero-order valence-electron chi connectivity index (χ0n) is 4.90. The zero-order chi connectivity index (χ0) is 5.82. The Morgan fingerprint density at radius 2 is 2.38 bits per heavy atom. The molecule has 0 radical (unpaired) electrons. The Morgan fingerprint density at radius 1 is 1.50 bits per heavy atom. The third-order valence-electron chi connectivity index (χ3n) is 1.45. The van der Waals surface area contributed by atoms with Crippen LogP contribution in [-0.4, -0.2) is 25.9 Å². The van der Waals surface area contributed by atoms with Gasteiger partial charge in [-0.05, 0) is 19.3 Å². The second kappa shape index (κ2) is 3.74. The van der Waals surface area contributed by atoms with Crippen LogP contribution in [0.25, 0.3) is 0 Å². The molecule has 1 aliphatic heterocycles. The first-order chi connectivity index (χ1) is 3.93.